The van der Waals surface area contributed by atoms with E-state index in [4.69, 9.17) is 12.2 Å². The summed E-state index contributed by atoms with van der Waals surface area (Å²) in [5, 5.41) is 5.75. The molecular formula is C4H3MoN2S3. The van der Waals surface area contributed by atoms with Gasteiger partial charge in [0.15, 0.2) is 0 Å². The predicted octanol–water partition coefficient (Wildman–Crippen LogP) is 2.03. The van der Waals surface area contributed by atoms with E-state index in [0.717, 1.165) is 9.45 Å². The van der Waals surface area contributed by atoms with Crippen molar-refractivity contribution in [1.82, 2.24) is 4.98 Å². The second-order valence-electron chi connectivity index (χ2n) is 1.33. The van der Waals surface area contributed by atoms with Crippen molar-refractivity contribution < 1.29 is 18.5 Å². The Morgan fingerprint density at radius 3 is 3.20 bits per heavy atom. The first kappa shape index (κ1) is 8.65. The van der Waals surface area contributed by atoms with Gasteiger partial charge in [0.05, 0.1) is 0 Å². The maximum atomic E-state index is 4.92. The molecule has 53 valence electrons. The van der Waals surface area contributed by atoms with Gasteiger partial charge in [-0.25, -0.2) is 0 Å². The quantitative estimate of drug-likeness (QED) is 0.624. The molecule has 0 amide bonds. The molecule has 0 aliphatic carbocycles. The van der Waals surface area contributed by atoms with Gasteiger partial charge in [-0.15, -0.1) is 0 Å². The third kappa shape index (κ3) is 2.66. The predicted molar refractivity (Wildman–Crippen MR) is 45.9 cm³/mol. The van der Waals surface area contributed by atoms with Crippen LogP contribution in [0.15, 0.2) is 11.6 Å². The molecule has 0 spiro atoms. The third-order valence-corrected chi connectivity index (χ3v) is 4.08. The summed E-state index contributed by atoms with van der Waals surface area (Å²) in [6.45, 7) is 0. The normalized spacial score (nSPS) is 9.20. The van der Waals surface area contributed by atoms with Crippen LogP contribution >= 0.6 is 33.0 Å². The molecule has 0 saturated carbocycles. The Morgan fingerprint density at radius 2 is 2.70 bits per heavy atom. The second kappa shape index (κ2) is 4.44. The van der Waals surface area contributed by atoms with E-state index >= 15 is 0 Å². The van der Waals surface area contributed by atoms with Crippen LogP contribution in [0.1, 0.15) is 0 Å². The molecule has 10 heavy (non-hydrogen) atoms. The van der Waals surface area contributed by atoms with E-state index in [-0.39, 0.29) is 0 Å². The molecule has 0 unspecified atom stereocenters. The summed E-state index contributed by atoms with van der Waals surface area (Å²) in [6.07, 6.45) is 1.75. The first-order valence-corrected chi connectivity index (χ1v) is 6.82. The van der Waals surface area contributed by atoms with E-state index < -0.39 is 0 Å². The van der Waals surface area contributed by atoms with E-state index in [0.29, 0.717) is 0 Å². The molecule has 0 aliphatic heterocycles. The van der Waals surface area contributed by atoms with Gasteiger partial charge >= 0.3 is 82.9 Å². The molecule has 0 saturated heterocycles. The third-order valence-electron chi connectivity index (χ3n) is 0.717. The maximum absolute atomic E-state index is 4.92. The minimum atomic E-state index is 0.764. The standard InChI is InChI=1S/C4H4N2S3.Mo/c7-4(8)6-3-5-1-2-9-3;/h1-2H,(H2,5,6,7,8);/q;+1/p-1. The van der Waals surface area contributed by atoms with E-state index in [1.807, 2.05) is 23.9 Å². The van der Waals surface area contributed by atoms with Crippen LogP contribution in [-0.4, -0.2) is 9.30 Å². The summed E-state index contributed by atoms with van der Waals surface area (Å²) >= 11 is 8.34. The molecule has 1 heterocycles. The molecule has 0 bridgehead atoms. The number of thiocarbonyl (C=S) groups is 1. The number of nitrogens with one attached hydrogen (secondary N) is 1. The average Bonchev–Trinajstić information content (AvgIpc) is 2.40. The molecule has 0 aromatic carbocycles. The minimum absolute atomic E-state index is 0.764. The average molecular weight is 271 g/mol. The number of nitrogens with zero attached hydrogens (tertiary/aromatic N) is 1. The van der Waals surface area contributed by atoms with Crippen LogP contribution in [0.5, 0.6) is 0 Å². The van der Waals surface area contributed by atoms with Crippen LogP contribution in [0.4, 0.5) is 5.13 Å². The van der Waals surface area contributed by atoms with Gasteiger partial charge in [0.2, 0.25) is 0 Å². The summed E-state index contributed by atoms with van der Waals surface area (Å²) in [5.74, 6) is 0. The SMILES string of the molecule is S=C(Nc1nccs1)[S][Mo]. The molecule has 1 aromatic heterocycles. The molecule has 1 rings (SSSR count). The Hall–Kier alpha value is 0.558. The summed E-state index contributed by atoms with van der Waals surface area (Å²) in [4.78, 5) is 4.01. The van der Waals surface area contributed by atoms with E-state index in [2.05, 4.69) is 10.3 Å². The van der Waals surface area contributed by atoms with Crippen LogP contribution in [0.2, 0.25) is 0 Å². The molecule has 6 heteroatoms. The Labute approximate surface area is 82.4 Å². The van der Waals surface area contributed by atoms with Crippen molar-refractivity contribution in [3.05, 3.63) is 11.6 Å². The van der Waals surface area contributed by atoms with Gasteiger partial charge in [0.25, 0.3) is 0 Å². The number of hydrogen-bond donors (Lipinski definition) is 1. The van der Waals surface area contributed by atoms with Gasteiger partial charge in [-0.2, -0.15) is 0 Å². The van der Waals surface area contributed by atoms with Crippen LogP contribution in [0.3, 0.4) is 0 Å². The fourth-order valence-corrected chi connectivity index (χ4v) is 1.60. The van der Waals surface area contributed by atoms with Crippen molar-refractivity contribution in [1.29, 1.82) is 0 Å². The zero-order valence-electron chi connectivity index (χ0n) is 4.73. The molecule has 0 atom stereocenters. The Balaban J connectivity index is 2.48. The van der Waals surface area contributed by atoms with E-state index in [1.54, 1.807) is 17.5 Å². The van der Waals surface area contributed by atoms with E-state index in [9.17, 15) is 0 Å². The molecule has 2 nitrogen and oxygen atoms in total. The molecule has 1 aromatic rings. The van der Waals surface area contributed by atoms with Crippen molar-refractivity contribution in [2.45, 2.75) is 0 Å². The van der Waals surface area contributed by atoms with Gasteiger partial charge < -0.3 is 0 Å². The van der Waals surface area contributed by atoms with Crippen molar-refractivity contribution >= 4 is 42.5 Å². The zero-order chi connectivity index (χ0) is 7.40. The van der Waals surface area contributed by atoms with E-state index in [1.165, 1.54) is 9.47 Å². The summed E-state index contributed by atoms with van der Waals surface area (Å²) < 4.78 is 0.764. The van der Waals surface area contributed by atoms with Crippen LogP contribution in [0.25, 0.3) is 0 Å². The monoisotopic (exact) mass is 273 g/mol. The molecule has 0 fully saturated rings. The van der Waals surface area contributed by atoms with Crippen molar-refractivity contribution in [2.24, 2.45) is 0 Å². The zero-order valence-corrected chi connectivity index (χ0v) is 9.19. The first-order valence-electron chi connectivity index (χ1n) is 2.33. The number of thiazole rings is 1. The van der Waals surface area contributed by atoms with Crippen molar-refractivity contribution in [3.8, 4) is 0 Å². The fourth-order valence-electron chi connectivity index (χ4n) is 0.393. The summed E-state index contributed by atoms with van der Waals surface area (Å²) in [6, 6.07) is 0. The summed E-state index contributed by atoms with van der Waals surface area (Å²) in [5.41, 5.74) is 0. The second-order valence-corrected chi connectivity index (χ2v) is 4.70. The van der Waals surface area contributed by atoms with Crippen molar-refractivity contribution in [2.75, 3.05) is 5.32 Å². The van der Waals surface area contributed by atoms with Gasteiger partial charge in [-0.3, -0.25) is 0 Å². The van der Waals surface area contributed by atoms with Gasteiger partial charge in [0, 0.05) is 0 Å². The Kier molecular flexibility index (Phi) is 3.84. The molecule has 0 radical (unpaired) electrons. The fraction of sp³-hybridized carbons (Fsp3) is 0. The molecule has 0 aliphatic rings. The Bertz CT molecular complexity index is 210. The number of rotatable bonds is 1. The van der Waals surface area contributed by atoms with Gasteiger partial charge in [0.1, 0.15) is 0 Å². The summed E-state index contributed by atoms with van der Waals surface area (Å²) in [7, 11) is 1.52. The Morgan fingerprint density at radius 1 is 1.90 bits per heavy atom. The van der Waals surface area contributed by atoms with Crippen LogP contribution in [0, 0.1) is 0 Å². The first-order chi connectivity index (χ1) is 4.83. The van der Waals surface area contributed by atoms with Gasteiger partial charge in [-0.1, -0.05) is 0 Å². The molecule has 1 N–H and O–H groups in total. The number of hydrogen-bond acceptors (Lipinski definition) is 4. The number of anilines is 1. The molecular weight excluding hydrogens is 268 g/mol. The van der Waals surface area contributed by atoms with Crippen LogP contribution in [-0.2, 0) is 18.5 Å². The van der Waals surface area contributed by atoms with Gasteiger partial charge in [-0.05, 0) is 0 Å². The van der Waals surface area contributed by atoms with Crippen LogP contribution < -0.4 is 5.32 Å². The number of aromatic nitrogens is 1. The topological polar surface area (TPSA) is 24.9 Å². The van der Waals surface area contributed by atoms with Crippen molar-refractivity contribution in [3.63, 3.8) is 0 Å².